The van der Waals surface area contributed by atoms with E-state index >= 15 is 0 Å². The van der Waals surface area contributed by atoms with Crippen molar-refractivity contribution in [1.29, 1.82) is 0 Å². The van der Waals surface area contributed by atoms with Gasteiger partial charge >= 0.3 is 5.63 Å². The average molecular weight is 341 g/mol. The van der Waals surface area contributed by atoms with Gasteiger partial charge in [-0.25, -0.2) is 9.78 Å². The monoisotopic (exact) mass is 341 g/mol. The largest absolute Gasteiger partial charge is 0.422 e. The van der Waals surface area contributed by atoms with E-state index in [2.05, 4.69) is 10.1 Å². The molecule has 3 aromatic rings. The van der Waals surface area contributed by atoms with Gasteiger partial charge < -0.3 is 9.15 Å². The molecule has 1 fully saturated rings. The fourth-order valence-electron chi connectivity index (χ4n) is 2.51. The number of aromatic nitrogens is 1. The third kappa shape index (κ3) is 3.08. The molecule has 1 saturated heterocycles. The first-order chi connectivity index (χ1) is 11.8. The van der Waals surface area contributed by atoms with Crippen LogP contribution in [0.3, 0.4) is 0 Å². The fraction of sp³-hybridized carbons (Fsp3) is 0.235. The summed E-state index contributed by atoms with van der Waals surface area (Å²) in [5.41, 5.74) is 1.28. The Labute approximate surface area is 142 Å². The summed E-state index contributed by atoms with van der Waals surface area (Å²) in [6.07, 6.45) is 1.72. The zero-order chi connectivity index (χ0) is 16.4. The summed E-state index contributed by atoms with van der Waals surface area (Å²) in [5, 5.41) is 9.84. The van der Waals surface area contributed by atoms with E-state index in [9.17, 15) is 4.79 Å². The van der Waals surface area contributed by atoms with Crippen LogP contribution in [-0.4, -0.2) is 42.5 Å². The zero-order valence-electron chi connectivity index (χ0n) is 12.8. The van der Waals surface area contributed by atoms with E-state index in [1.54, 1.807) is 12.3 Å². The van der Waals surface area contributed by atoms with Crippen LogP contribution in [-0.2, 0) is 4.74 Å². The van der Waals surface area contributed by atoms with Crippen molar-refractivity contribution >= 4 is 28.5 Å². The Morgan fingerprint density at radius 1 is 1.25 bits per heavy atom. The van der Waals surface area contributed by atoms with Crippen LogP contribution in [0.15, 0.2) is 50.0 Å². The summed E-state index contributed by atoms with van der Waals surface area (Å²) in [6.45, 7) is 2.95. The van der Waals surface area contributed by atoms with E-state index < -0.39 is 0 Å². The highest BCUT2D eigenvalue weighted by Crippen LogP contribution is 2.22. The van der Waals surface area contributed by atoms with Gasteiger partial charge in [-0.05, 0) is 12.1 Å². The second-order valence-corrected chi connectivity index (χ2v) is 6.26. The minimum absolute atomic E-state index is 0.379. The predicted octanol–water partition coefficient (Wildman–Crippen LogP) is 2.58. The van der Waals surface area contributed by atoms with Gasteiger partial charge in [-0.15, -0.1) is 11.3 Å². The molecule has 2 aromatic heterocycles. The van der Waals surface area contributed by atoms with Crippen molar-refractivity contribution in [3.8, 4) is 11.3 Å². The molecule has 0 radical (unpaired) electrons. The minimum Gasteiger partial charge on any atom is -0.422 e. The lowest BCUT2D eigenvalue weighted by atomic mass is 10.1. The Hall–Kier alpha value is -2.51. The van der Waals surface area contributed by atoms with Gasteiger partial charge in [0.05, 0.1) is 43.8 Å². The first-order valence-electron chi connectivity index (χ1n) is 7.65. The van der Waals surface area contributed by atoms with Crippen molar-refractivity contribution in [2.45, 2.75) is 0 Å². The lowest BCUT2D eigenvalue weighted by Gasteiger charge is -2.23. The summed E-state index contributed by atoms with van der Waals surface area (Å²) in [5.74, 6) is 0. The van der Waals surface area contributed by atoms with Crippen LogP contribution in [0, 0.1) is 0 Å². The Morgan fingerprint density at radius 2 is 2.08 bits per heavy atom. The van der Waals surface area contributed by atoms with Gasteiger partial charge in [0.1, 0.15) is 10.6 Å². The van der Waals surface area contributed by atoms with Crippen LogP contribution < -0.4 is 5.63 Å². The van der Waals surface area contributed by atoms with Crippen molar-refractivity contribution in [2.75, 3.05) is 26.3 Å². The summed E-state index contributed by atoms with van der Waals surface area (Å²) < 4.78 is 10.7. The molecule has 1 aliphatic rings. The third-order valence-corrected chi connectivity index (χ3v) is 4.54. The van der Waals surface area contributed by atoms with E-state index in [1.807, 2.05) is 34.7 Å². The molecular weight excluding hydrogens is 326 g/mol. The van der Waals surface area contributed by atoms with Gasteiger partial charge in [-0.3, -0.25) is 5.01 Å². The standard InChI is InChI=1S/C17H15N3O3S/c21-17-13(9-12-3-1-2-4-15(12)23-17)14-11-24-16(19-14)10-18-20-5-7-22-8-6-20/h1-4,9-11H,5-8H2. The molecule has 0 atom stereocenters. The fourth-order valence-corrected chi connectivity index (χ4v) is 3.18. The molecule has 4 rings (SSSR count). The van der Waals surface area contributed by atoms with Crippen LogP contribution in [0.4, 0.5) is 0 Å². The first kappa shape index (κ1) is 15.0. The number of para-hydroxylation sites is 1. The number of hydrogen-bond acceptors (Lipinski definition) is 7. The van der Waals surface area contributed by atoms with Crippen molar-refractivity contribution in [1.82, 2.24) is 9.99 Å². The van der Waals surface area contributed by atoms with Crippen LogP contribution in [0.1, 0.15) is 5.01 Å². The van der Waals surface area contributed by atoms with Crippen molar-refractivity contribution in [3.63, 3.8) is 0 Å². The van der Waals surface area contributed by atoms with E-state index in [1.165, 1.54) is 11.3 Å². The van der Waals surface area contributed by atoms with Crippen molar-refractivity contribution in [2.24, 2.45) is 5.10 Å². The van der Waals surface area contributed by atoms with Crippen molar-refractivity contribution < 1.29 is 9.15 Å². The SMILES string of the molecule is O=c1oc2ccccc2cc1-c1csc(C=NN2CCOCC2)n1. The molecule has 0 bridgehead atoms. The molecule has 0 saturated carbocycles. The van der Waals surface area contributed by atoms with Crippen LogP contribution in [0.25, 0.3) is 22.2 Å². The highest BCUT2D eigenvalue weighted by Gasteiger charge is 2.11. The topological polar surface area (TPSA) is 67.9 Å². The molecule has 0 unspecified atom stereocenters. The Kier molecular flexibility index (Phi) is 4.10. The zero-order valence-corrected chi connectivity index (χ0v) is 13.7. The number of rotatable bonds is 3. The van der Waals surface area contributed by atoms with Crippen LogP contribution in [0.2, 0.25) is 0 Å². The molecule has 3 heterocycles. The van der Waals surface area contributed by atoms with Crippen LogP contribution >= 0.6 is 11.3 Å². The van der Waals surface area contributed by atoms with E-state index in [-0.39, 0.29) is 5.63 Å². The maximum absolute atomic E-state index is 12.2. The van der Waals surface area contributed by atoms with E-state index in [4.69, 9.17) is 9.15 Å². The quantitative estimate of drug-likeness (QED) is 0.541. The van der Waals surface area contributed by atoms with E-state index in [0.717, 1.165) is 23.5 Å². The number of nitrogens with zero attached hydrogens (tertiary/aromatic N) is 3. The summed E-state index contributed by atoms with van der Waals surface area (Å²) in [4.78, 5) is 16.7. The van der Waals surface area contributed by atoms with Gasteiger partial charge in [-0.2, -0.15) is 5.10 Å². The average Bonchev–Trinajstić information content (AvgIpc) is 3.09. The lowest BCUT2D eigenvalue weighted by molar-refractivity contribution is 0.0397. The number of ether oxygens (including phenoxy) is 1. The molecular formula is C17H15N3O3S. The number of fused-ring (bicyclic) bond motifs is 1. The Bertz CT molecular complexity index is 941. The summed E-state index contributed by atoms with van der Waals surface area (Å²) in [7, 11) is 0. The Balaban J connectivity index is 1.61. The summed E-state index contributed by atoms with van der Waals surface area (Å²) in [6, 6.07) is 9.26. The molecule has 0 N–H and O–H groups in total. The van der Waals surface area contributed by atoms with Gasteiger partial charge in [0, 0.05) is 10.8 Å². The molecule has 1 aliphatic heterocycles. The number of hydrazone groups is 1. The maximum Gasteiger partial charge on any atom is 0.345 e. The smallest absolute Gasteiger partial charge is 0.345 e. The second kappa shape index (κ2) is 6.54. The molecule has 0 aliphatic carbocycles. The number of morpholine rings is 1. The molecule has 122 valence electrons. The van der Waals surface area contributed by atoms with Crippen LogP contribution in [0.5, 0.6) is 0 Å². The first-order valence-corrected chi connectivity index (χ1v) is 8.53. The lowest BCUT2D eigenvalue weighted by Crippen LogP contribution is -2.32. The highest BCUT2D eigenvalue weighted by molar-refractivity contribution is 7.11. The molecule has 0 amide bonds. The van der Waals surface area contributed by atoms with Gasteiger partial charge in [0.25, 0.3) is 0 Å². The normalized spacial score (nSPS) is 15.4. The summed E-state index contributed by atoms with van der Waals surface area (Å²) >= 11 is 1.45. The number of benzene rings is 1. The number of hydrogen-bond donors (Lipinski definition) is 0. The van der Waals surface area contributed by atoms with E-state index in [0.29, 0.717) is 30.1 Å². The second-order valence-electron chi connectivity index (χ2n) is 5.37. The predicted molar refractivity (Wildman–Crippen MR) is 93.6 cm³/mol. The maximum atomic E-state index is 12.2. The molecule has 0 spiro atoms. The molecule has 6 nitrogen and oxygen atoms in total. The molecule has 7 heteroatoms. The molecule has 1 aromatic carbocycles. The third-order valence-electron chi connectivity index (χ3n) is 3.76. The van der Waals surface area contributed by atoms with Gasteiger partial charge in [0.2, 0.25) is 0 Å². The molecule has 24 heavy (non-hydrogen) atoms. The van der Waals surface area contributed by atoms with Crippen molar-refractivity contribution in [3.05, 3.63) is 51.1 Å². The highest BCUT2D eigenvalue weighted by atomic mass is 32.1. The van der Waals surface area contributed by atoms with Gasteiger partial charge in [0.15, 0.2) is 0 Å². The Morgan fingerprint density at radius 3 is 2.96 bits per heavy atom. The van der Waals surface area contributed by atoms with Gasteiger partial charge in [-0.1, -0.05) is 18.2 Å². The number of thiazole rings is 1. The minimum atomic E-state index is -0.379.